The average Bonchev–Trinajstić information content (AvgIpc) is 2.63. The second kappa shape index (κ2) is 6.35. The molecular weight excluding hydrogens is 222 g/mol. The third kappa shape index (κ3) is 3.56. The van der Waals surface area contributed by atoms with Gasteiger partial charge in [-0.15, -0.1) is 0 Å². The fraction of sp³-hybridized carbons (Fsp3) is 0.625. The van der Waals surface area contributed by atoms with Gasteiger partial charge in [0.25, 0.3) is 0 Å². The maximum atomic E-state index is 6.22. The molecule has 0 radical (unpaired) electrons. The molecular formula is C16H25NO. The number of nitrogens with two attached hydrogens (primary N) is 1. The van der Waals surface area contributed by atoms with Crippen LogP contribution >= 0.6 is 0 Å². The Hall–Kier alpha value is -0.860. The van der Waals surface area contributed by atoms with Gasteiger partial charge in [-0.2, -0.15) is 0 Å². The van der Waals surface area contributed by atoms with Crippen molar-refractivity contribution in [2.24, 2.45) is 5.73 Å². The van der Waals surface area contributed by atoms with Gasteiger partial charge in [0, 0.05) is 6.54 Å². The van der Waals surface area contributed by atoms with Crippen LogP contribution in [0.5, 0.6) is 0 Å². The molecule has 0 aliphatic heterocycles. The number of aryl methyl sites for hydroxylation is 1. The maximum absolute atomic E-state index is 6.22. The minimum Gasteiger partial charge on any atom is -0.369 e. The Kier molecular flexibility index (Phi) is 4.79. The third-order valence-electron chi connectivity index (χ3n) is 4.01. The smallest absolute Gasteiger partial charge is 0.0808 e. The van der Waals surface area contributed by atoms with Crippen molar-refractivity contribution in [3.05, 3.63) is 35.4 Å². The predicted molar refractivity (Wildman–Crippen MR) is 75.5 cm³/mol. The molecule has 0 bridgehead atoms. The monoisotopic (exact) mass is 247 g/mol. The predicted octanol–water partition coefficient (Wildman–Crippen LogP) is 3.56. The van der Waals surface area contributed by atoms with E-state index in [1.54, 1.807) is 0 Å². The molecule has 1 saturated carbocycles. The number of hydrogen-bond donors (Lipinski definition) is 1. The molecule has 1 aromatic carbocycles. The first-order valence-electron chi connectivity index (χ1n) is 7.14. The summed E-state index contributed by atoms with van der Waals surface area (Å²) in [5, 5.41) is 0. The third-order valence-corrected chi connectivity index (χ3v) is 4.01. The lowest BCUT2D eigenvalue weighted by Gasteiger charge is -2.31. The highest BCUT2D eigenvalue weighted by atomic mass is 16.5. The highest BCUT2D eigenvalue weighted by Crippen LogP contribution is 2.30. The second-order valence-corrected chi connectivity index (χ2v) is 5.58. The van der Waals surface area contributed by atoms with E-state index in [0.29, 0.717) is 13.2 Å². The Morgan fingerprint density at radius 1 is 1.17 bits per heavy atom. The molecule has 2 rings (SSSR count). The van der Waals surface area contributed by atoms with E-state index in [4.69, 9.17) is 10.5 Å². The molecule has 18 heavy (non-hydrogen) atoms. The summed E-state index contributed by atoms with van der Waals surface area (Å²) in [6.45, 7) is 3.46. The standard InChI is InChI=1S/C16H25NO/c1-14-7-6-8-15(11-14)12-18-16(13-17)9-4-2-3-5-10-16/h6-8,11H,2-5,9-10,12-13,17H2,1H3. The lowest BCUT2D eigenvalue weighted by atomic mass is 9.94. The molecule has 0 aromatic heterocycles. The molecule has 2 N–H and O–H groups in total. The first kappa shape index (κ1) is 13.6. The van der Waals surface area contributed by atoms with Crippen molar-refractivity contribution in [1.82, 2.24) is 0 Å². The number of hydrogen-bond acceptors (Lipinski definition) is 2. The molecule has 100 valence electrons. The Morgan fingerprint density at radius 2 is 1.89 bits per heavy atom. The van der Waals surface area contributed by atoms with Gasteiger partial charge in [-0.3, -0.25) is 0 Å². The summed E-state index contributed by atoms with van der Waals surface area (Å²) >= 11 is 0. The van der Waals surface area contributed by atoms with E-state index >= 15 is 0 Å². The molecule has 1 aliphatic rings. The summed E-state index contributed by atoms with van der Waals surface area (Å²) < 4.78 is 6.22. The molecule has 1 fully saturated rings. The normalized spacial score (nSPS) is 19.4. The van der Waals surface area contributed by atoms with Crippen LogP contribution in [-0.4, -0.2) is 12.1 Å². The quantitative estimate of drug-likeness (QED) is 0.826. The van der Waals surface area contributed by atoms with Crippen molar-refractivity contribution in [2.75, 3.05) is 6.54 Å². The van der Waals surface area contributed by atoms with Gasteiger partial charge in [-0.05, 0) is 25.3 Å². The van der Waals surface area contributed by atoms with Gasteiger partial charge in [0.2, 0.25) is 0 Å². The van der Waals surface area contributed by atoms with Gasteiger partial charge in [0.15, 0.2) is 0 Å². The highest BCUT2D eigenvalue weighted by Gasteiger charge is 2.30. The summed E-state index contributed by atoms with van der Waals surface area (Å²) in [4.78, 5) is 0. The van der Waals surface area contributed by atoms with Crippen molar-refractivity contribution in [3.63, 3.8) is 0 Å². The fourth-order valence-corrected chi connectivity index (χ4v) is 2.82. The molecule has 0 heterocycles. The van der Waals surface area contributed by atoms with Crippen LogP contribution in [-0.2, 0) is 11.3 Å². The van der Waals surface area contributed by atoms with E-state index in [1.807, 2.05) is 0 Å². The summed E-state index contributed by atoms with van der Waals surface area (Å²) in [5.74, 6) is 0. The van der Waals surface area contributed by atoms with Gasteiger partial charge < -0.3 is 10.5 Å². The summed E-state index contributed by atoms with van der Waals surface area (Å²) in [6.07, 6.45) is 7.41. The zero-order chi connectivity index (χ0) is 12.8. The molecule has 0 saturated heterocycles. The van der Waals surface area contributed by atoms with Crippen molar-refractivity contribution in [2.45, 2.75) is 57.7 Å². The second-order valence-electron chi connectivity index (χ2n) is 5.58. The number of rotatable bonds is 4. The Labute approximate surface area is 111 Å². The lowest BCUT2D eigenvalue weighted by Crippen LogP contribution is -2.40. The van der Waals surface area contributed by atoms with Crippen LogP contribution in [0.15, 0.2) is 24.3 Å². The molecule has 0 amide bonds. The van der Waals surface area contributed by atoms with Crippen molar-refractivity contribution < 1.29 is 4.74 Å². The molecule has 2 heteroatoms. The van der Waals surface area contributed by atoms with Crippen LogP contribution in [0, 0.1) is 6.92 Å². The minimum absolute atomic E-state index is 0.0692. The van der Waals surface area contributed by atoms with Crippen LogP contribution in [0.1, 0.15) is 49.7 Å². The van der Waals surface area contributed by atoms with Gasteiger partial charge >= 0.3 is 0 Å². The molecule has 0 atom stereocenters. The van der Waals surface area contributed by atoms with Gasteiger partial charge in [-0.1, -0.05) is 55.5 Å². The molecule has 1 aliphatic carbocycles. The summed E-state index contributed by atoms with van der Waals surface area (Å²) in [6, 6.07) is 8.54. The van der Waals surface area contributed by atoms with Crippen LogP contribution in [0.4, 0.5) is 0 Å². The molecule has 0 unspecified atom stereocenters. The van der Waals surface area contributed by atoms with Gasteiger partial charge in [-0.25, -0.2) is 0 Å². The van der Waals surface area contributed by atoms with E-state index in [2.05, 4.69) is 31.2 Å². The summed E-state index contributed by atoms with van der Waals surface area (Å²) in [7, 11) is 0. The van der Waals surface area contributed by atoms with Gasteiger partial charge in [0.05, 0.1) is 12.2 Å². The first-order valence-corrected chi connectivity index (χ1v) is 7.14. The Balaban J connectivity index is 1.97. The van der Waals surface area contributed by atoms with Crippen molar-refractivity contribution in [3.8, 4) is 0 Å². The van der Waals surface area contributed by atoms with Crippen molar-refractivity contribution >= 4 is 0 Å². The number of benzene rings is 1. The van der Waals surface area contributed by atoms with Crippen LogP contribution in [0.3, 0.4) is 0 Å². The van der Waals surface area contributed by atoms with Crippen LogP contribution in [0.25, 0.3) is 0 Å². The van der Waals surface area contributed by atoms with Gasteiger partial charge in [0.1, 0.15) is 0 Å². The average molecular weight is 247 g/mol. The zero-order valence-electron chi connectivity index (χ0n) is 11.5. The largest absolute Gasteiger partial charge is 0.369 e. The van der Waals surface area contributed by atoms with Crippen molar-refractivity contribution in [1.29, 1.82) is 0 Å². The SMILES string of the molecule is Cc1cccc(COC2(CN)CCCCCC2)c1. The van der Waals surface area contributed by atoms with E-state index < -0.39 is 0 Å². The Morgan fingerprint density at radius 3 is 2.50 bits per heavy atom. The topological polar surface area (TPSA) is 35.2 Å². The lowest BCUT2D eigenvalue weighted by molar-refractivity contribution is -0.0602. The molecule has 2 nitrogen and oxygen atoms in total. The van der Waals surface area contributed by atoms with E-state index in [0.717, 1.165) is 12.8 Å². The molecule has 0 spiro atoms. The zero-order valence-corrected chi connectivity index (χ0v) is 11.5. The van der Waals surface area contributed by atoms with E-state index in [1.165, 1.54) is 36.8 Å². The highest BCUT2D eigenvalue weighted by molar-refractivity contribution is 5.21. The van der Waals surface area contributed by atoms with E-state index in [-0.39, 0.29) is 5.60 Å². The van der Waals surface area contributed by atoms with Crippen LogP contribution < -0.4 is 5.73 Å². The maximum Gasteiger partial charge on any atom is 0.0808 e. The Bertz CT molecular complexity index is 367. The van der Waals surface area contributed by atoms with E-state index in [9.17, 15) is 0 Å². The molecule has 1 aromatic rings. The fourth-order valence-electron chi connectivity index (χ4n) is 2.82. The first-order chi connectivity index (χ1) is 8.74. The van der Waals surface area contributed by atoms with Crippen LogP contribution in [0.2, 0.25) is 0 Å². The summed E-state index contributed by atoms with van der Waals surface area (Å²) in [5.41, 5.74) is 8.45. The minimum atomic E-state index is -0.0692. The number of ether oxygens (including phenoxy) is 1.